The molecule has 106 valence electrons. The normalized spacial score (nSPS) is 22.9. The molecule has 2 aliphatic rings. The van der Waals surface area contributed by atoms with Gasteiger partial charge in [-0.25, -0.2) is 4.98 Å². The molecule has 1 saturated carbocycles. The van der Waals surface area contributed by atoms with E-state index in [1.165, 1.54) is 32.1 Å². The highest BCUT2D eigenvalue weighted by Gasteiger charge is 2.41. The molecule has 1 N–H and O–H groups in total. The van der Waals surface area contributed by atoms with Crippen molar-refractivity contribution in [2.24, 2.45) is 0 Å². The molecule has 2 heterocycles. The van der Waals surface area contributed by atoms with Crippen LogP contribution in [-0.2, 0) is 6.42 Å². The van der Waals surface area contributed by atoms with Crippen LogP contribution in [0.4, 0.5) is 5.13 Å². The van der Waals surface area contributed by atoms with Gasteiger partial charge in [0.25, 0.3) is 0 Å². The largest absolute Gasteiger partial charge is 0.339 e. The zero-order chi connectivity index (χ0) is 13.1. The fourth-order valence-corrected chi connectivity index (χ4v) is 4.33. The van der Waals surface area contributed by atoms with Gasteiger partial charge < -0.3 is 10.2 Å². The molecule has 4 nitrogen and oxygen atoms in total. The van der Waals surface area contributed by atoms with Crippen LogP contribution >= 0.6 is 11.5 Å². The first-order valence-electron chi connectivity index (χ1n) is 7.65. The van der Waals surface area contributed by atoms with Crippen molar-refractivity contribution >= 4 is 16.7 Å². The molecule has 0 amide bonds. The SMILES string of the molecule is CCCc1nsc(N2CCNCC23CCCCC3)n1. The van der Waals surface area contributed by atoms with Gasteiger partial charge >= 0.3 is 0 Å². The molecule has 19 heavy (non-hydrogen) atoms. The number of hydrogen-bond donors (Lipinski definition) is 1. The Morgan fingerprint density at radius 2 is 2.16 bits per heavy atom. The van der Waals surface area contributed by atoms with Crippen molar-refractivity contribution < 1.29 is 0 Å². The van der Waals surface area contributed by atoms with Gasteiger partial charge in [-0.15, -0.1) is 0 Å². The van der Waals surface area contributed by atoms with E-state index in [9.17, 15) is 0 Å². The van der Waals surface area contributed by atoms with Gasteiger partial charge in [-0.1, -0.05) is 26.2 Å². The maximum absolute atomic E-state index is 4.78. The van der Waals surface area contributed by atoms with E-state index in [1.807, 2.05) is 0 Å². The minimum Gasteiger partial charge on any atom is -0.339 e. The van der Waals surface area contributed by atoms with Crippen molar-refractivity contribution in [1.82, 2.24) is 14.7 Å². The highest BCUT2D eigenvalue weighted by molar-refractivity contribution is 7.09. The summed E-state index contributed by atoms with van der Waals surface area (Å²) in [4.78, 5) is 7.35. The topological polar surface area (TPSA) is 41.1 Å². The molecule has 1 saturated heterocycles. The summed E-state index contributed by atoms with van der Waals surface area (Å²) in [6.07, 6.45) is 8.87. The molecular formula is C14H24N4S. The van der Waals surface area contributed by atoms with Crippen molar-refractivity contribution in [2.75, 3.05) is 24.5 Å². The van der Waals surface area contributed by atoms with Crippen molar-refractivity contribution in [3.05, 3.63) is 5.82 Å². The van der Waals surface area contributed by atoms with Crippen molar-refractivity contribution in [2.45, 2.75) is 57.4 Å². The van der Waals surface area contributed by atoms with Gasteiger partial charge in [0, 0.05) is 37.6 Å². The number of nitrogens with one attached hydrogen (secondary N) is 1. The second-order valence-corrected chi connectivity index (χ2v) is 6.59. The average molecular weight is 280 g/mol. The van der Waals surface area contributed by atoms with Crippen LogP contribution in [0.5, 0.6) is 0 Å². The predicted octanol–water partition coefficient (Wildman–Crippen LogP) is 2.60. The molecule has 0 bridgehead atoms. The van der Waals surface area contributed by atoms with Crippen LogP contribution in [0.2, 0.25) is 0 Å². The van der Waals surface area contributed by atoms with Crippen LogP contribution in [-0.4, -0.2) is 34.5 Å². The van der Waals surface area contributed by atoms with Crippen molar-refractivity contribution in [3.63, 3.8) is 0 Å². The summed E-state index contributed by atoms with van der Waals surface area (Å²) in [7, 11) is 0. The van der Waals surface area contributed by atoms with Gasteiger partial charge in [0.2, 0.25) is 5.13 Å². The summed E-state index contributed by atoms with van der Waals surface area (Å²) >= 11 is 1.60. The quantitative estimate of drug-likeness (QED) is 0.924. The Hall–Kier alpha value is -0.680. The van der Waals surface area contributed by atoms with Gasteiger partial charge in [-0.3, -0.25) is 0 Å². The second kappa shape index (κ2) is 5.75. The summed E-state index contributed by atoms with van der Waals surface area (Å²) in [5.41, 5.74) is 0.319. The van der Waals surface area contributed by atoms with E-state index in [-0.39, 0.29) is 0 Å². The third-order valence-electron chi connectivity index (χ3n) is 4.48. The van der Waals surface area contributed by atoms with Crippen molar-refractivity contribution in [3.8, 4) is 0 Å². The van der Waals surface area contributed by atoms with Gasteiger partial charge in [0.1, 0.15) is 5.82 Å². The predicted molar refractivity (Wildman–Crippen MR) is 79.9 cm³/mol. The molecule has 1 spiro atoms. The maximum Gasteiger partial charge on any atom is 0.205 e. The summed E-state index contributed by atoms with van der Waals surface area (Å²) in [5.74, 6) is 1.03. The van der Waals surface area contributed by atoms with Crippen LogP contribution in [0.25, 0.3) is 0 Å². The Morgan fingerprint density at radius 3 is 2.95 bits per heavy atom. The Morgan fingerprint density at radius 1 is 1.32 bits per heavy atom. The summed E-state index contributed by atoms with van der Waals surface area (Å²) in [5, 5.41) is 4.75. The third kappa shape index (κ3) is 2.63. The number of hydrogen-bond acceptors (Lipinski definition) is 5. The van der Waals surface area contributed by atoms with Gasteiger partial charge in [0.15, 0.2) is 0 Å². The molecule has 0 unspecified atom stereocenters. The highest BCUT2D eigenvalue weighted by atomic mass is 32.1. The Labute approximate surface area is 119 Å². The van der Waals surface area contributed by atoms with Crippen LogP contribution < -0.4 is 10.2 Å². The monoisotopic (exact) mass is 280 g/mol. The molecule has 0 radical (unpaired) electrons. The van der Waals surface area contributed by atoms with Crippen LogP contribution in [0.3, 0.4) is 0 Å². The fraction of sp³-hybridized carbons (Fsp3) is 0.857. The summed E-state index contributed by atoms with van der Waals surface area (Å²) in [6, 6.07) is 0. The van der Waals surface area contributed by atoms with Gasteiger partial charge in [-0.2, -0.15) is 4.37 Å². The standard InChI is InChI=1S/C14H24N4S/c1-2-6-12-16-13(19-17-12)18-10-9-15-11-14(18)7-4-3-5-8-14/h15H,2-11H2,1H3. The minimum absolute atomic E-state index is 0.319. The Kier molecular flexibility index (Phi) is 4.03. The van der Waals surface area contributed by atoms with Gasteiger partial charge in [0.05, 0.1) is 5.54 Å². The zero-order valence-corrected chi connectivity index (χ0v) is 12.6. The van der Waals surface area contributed by atoms with E-state index < -0.39 is 0 Å². The van der Waals surface area contributed by atoms with E-state index in [0.717, 1.165) is 43.4 Å². The lowest BCUT2D eigenvalue weighted by atomic mass is 9.79. The van der Waals surface area contributed by atoms with Crippen LogP contribution in [0, 0.1) is 0 Å². The molecule has 0 aromatic carbocycles. The smallest absolute Gasteiger partial charge is 0.205 e. The fourth-order valence-electron chi connectivity index (χ4n) is 3.48. The third-order valence-corrected chi connectivity index (χ3v) is 5.26. The first-order valence-corrected chi connectivity index (χ1v) is 8.42. The van der Waals surface area contributed by atoms with E-state index in [4.69, 9.17) is 4.98 Å². The molecule has 5 heteroatoms. The number of aromatic nitrogens is 2. The van der Waals surface area contributed by atoms with E-state index >= 15 is 0 Å². The highest BCUT2D eigenvalue weighted by Crippen LogP contribution is 2.38. The zero-order valence-electron chi connectivity index (χ0n) is 11.8. The molecule has 1 aliphatic carbocycles. The summed E-state index contributed by atoms with van der Waals surface area (Å²) in [6.45, 7) is 5.47. The molecule has 3 rings (SSSR count). The lowest BCUT2D eigenvalue weighted by molar-refractivity contribution is 0.241. The number of rotatable bonds is 3. The average Bonchev–Trinajstić information content (AvgIpc) is 2.89. The molecule has 0 atom stereocenters. The first-order chi connectivity index (χ1) is 9.34. The number of nitrogens with zero attached hydrogens (tertiary/aromatic N) is 3. The number of piperazine rings is 1. The summed E-state index contributed by atoms with van der Waals surface area (Å²) < 4.78 is 4.53. The van der Waals surface area contributed by atoms with Crippen LogP contribution in [0.1, 0.15) is 51.3 Å². The van der Waals surface area contributed by atoms with Crippen molar-refractivity contribution in [1.29, 1.82) is 0 Å². The lowest BCUT2D eigenvalue weighted by Crippen LogP contribution is -2.62. The Balaban J connectivity index is 1.82. The second-order valence-electron chi connectivity index (χ2n) is 5.86. The maximum atomic E-state index is 4.78. The van der Waals surface area contributed by atoms with E-state index in [1.54, 1.807) is 11.5 Å². The lowest BCUT2D eigenvalue weighted by Gasteiger charge is -2.49. The minimum atomic E-state index is 0.319. The Bertz CT molecular complexity index is 403. The van der Waals surface area contributed by atoms with Crippen LogP contribution in [0.15, 0.2) is 0 Å². The van der Waals surface area contributed by atoms with E-state index in [2.05, 4.69) is 21.5 Å². The molecular weight excluding hydrogens is 256 g/mol. The number of aryl methyl sites for hydroxylation is 1. The van der Waals surface area contributed by atoms with Gasteiger partial charge in [-0.05, 0) is 19.3 Å². The first kappa shape index (κ1) is 13.3. The molecule has 1 aromatic heterocycles. The molecule has 1 aliphatic heterocycles. The van der Waals surface area contributed by atoms with E-state index in [0.29, 0.717) is 5.54 Å². The molecule has 1 aromatic rings. The molecule has 2 fully saturated rings. The number of anilines is 1.